The van der Waals surface area contributed by atoms with Crippen LogP contribution in [0.5, 0.6) is 11.6 Å². The maximum atomic E-state index is 11.4. The molecule has 1 atom stereocenters. The van der Waals surface area contributed by atoms with Crippen LogP contribution < -0.4 is 9.47 Å². The van der Waals surface area contributed by atoms with Crippen molar-refractivity contribution in [1.82, 2.24) is 14.9 Å². The fraction of sp³-hybridized carbons (Fsp3) is 0.220. The summed E-state index contributed by atoms with van der Waals surface area (Å²) < 4.78 is 17.2. The molecule has 1 unspecified atom stereocenters. The molecular weight excluding hydrogens is 646 g/mol. The second-order valence-corrected chi connectivity index (χ2v) is 12.6. The van der Waals surface area contributed by atoms with Crippen molar-refractivity contribution in [3.8, 4) is 23.1 Å². The Bertz CT molecular complexity index is 2110. The molecule has 0 amide bonds. The fourth-order valence-electron chi connectivity index (χ4n) is 6.67. The Balaban J connectivity index is 1.06. The largest absolute Gasteiger partial charge is 0.512 e. The van der Waals surface area contributed by atoms with E-state index in [2.05, 4.69) is 20.9 Å². The van der Waals surface area contributed by atoms with Gasteiger partial charge in [-0.15, -0.1) is 0 Å². The second kappa shape index (κ2) is 15.3. The zero-order valence-electron chi connectivity index (χ0n) is 27.9. The molecule has 51 heavy (non-hydrogen) atoms. The maximum absolute atomic E-state index is 11.4. The van der Waals surface area contributed by atoms with Crippen molar-refractivity contribution < 1.29 is 33.7 Å². The number of aromatic nitrogens is 2. The predicted molar refractivity (Wildman–Crippen MR) is 191 cm³/mol. The maximum Gasteiger partial charge on any atom is 0.512 e. The van der Waals surface area contributed by atoms with Crippen LogP contribution in [-0.2, 0) is 25.9 Å². The number of aryl methyl sites for hydroxylation is 1. The molecule has 0 fully saturated rings. The lowest BCUT2D eigenvalue weighted by molar-refractivity contribution is 0.0696. The lowest BCUT2D eigenvalue weighted by Crippen LogP contribution is -2.35. The smallest absolute Gasteiger partial charge is 0.489 e. The van der Waals surface area contributed by atoms with Crippen molar-refractivity contribution >= 4 is 23.2 Å². The number of para-hydroxylation sites is 3. The average Bonchev–Trinajstić information content (AvgIpc) is 3.59. The number of nitrogens with zero attached hydrogens (tertiary/aromatic N) is 3. The molecule has 1 aliphatic carbocycles. The van der Waals surface area contributed by atoms with Crippen molar-refractivity contribution in [3.63, 3.8) is 0 Å². The van der Waals surface area contributed by atoms with E-state index in [-0.39, 0.29) is 17.5 Å². The standard InChI is InChI=1S/C41H37N3O7/c45-40(46)31-18-12-27(13-19-31)22-24-44(35-9-5-8-33-32(35)20-21-38(42-33)51-41(47)48)25-23-29-6-1-3-10-36(29)49-26-28-14-16-30(17-15-28)39-43-34-7-2-4-11-37(34)50-39/h1-4,6-7,10-21,35H,5,8-9,22-26H2,(H,45,46)(H,47,48). The summed E-state index contributed by atoms with van der Waals surface area (Å²) in [5.41, 5.74) is 7.85. The Morgan fingerprint density at radius 3 is 2.33 bits per heavy atom. The molecule has 0 aliphatic heterocycles. The highest BCUT2D eigenvalue weighted by molar-refractivity contribution is 5.87. The number of hydrogen-bond donors (Lipinski definition) is 2. The predicted octanol–water partition coefficient (Wildman–Crippen LogP) is 8.39. The highest BCUT2D eigenvalue weighted by atomic mass is 16.7. The fourth-order valence-corrected chi connectivity index (χ4v) is 6.67. The van der Waals surface area contributed by atoms with Crippen LogP contribution in [0.3, 0.4) is 0 Å². The lowest BCUT2D eigenvalue weighted by Gasteiger charge is -2.36. The number of benzene rings is 4. The molecule has 0 saturated heterocycles. The monoisotopic (exact) mass is 683 g/mol. The molecule has 10 heteroatoms. The van der Waals surface area contributed by atoms with Crippen molar-refractivity contribution in [1.29, 1.82) is 0 Å². The van der Waals surface area contributed by atoms with E-state index in [9.17, 15) is 14.7 Å². The number of hydrogen-bond acceptors (Lipinski definition) is 8. The third kappa shape index (κ3) is 8.08. The second-order valence-electron chi connectivity index (χ2n) is 12.6. The van der Waals surface area contributed by atoms with Crippen molar-refractivity contribution in [3.05, 3.63) is 143 Å². The number of fused-ring (bicyclic) bond motifs is 2. The van der Waals surface area contributed by atoms with Crippen LogP contribution in [0, 0.1) is 0 Å². The molecule has 7 rings (SSSR count). The molecule has 6 aromatic rings. The number of oxazole rings is 1. The Morgan fingerprint density at radius 1 is 0.804 bits per heavy atom. The normalized spacial score (nSPS) is 13.9. The summed E-state index contributed by atoms with van der Waals surface area (Å²) in [6.45, 7) is 1.88. The first-order valence-corrected chi connectivity index (χ1v) is 17.0. The summed E-state index contributed by atoms with van der Waals surface area (Å²) in [6, 6.07) is 34.5. The number of ether oxygens (including phenoxy) is 2. The highest BCUT2D eigenvalue weighted by Gasteiger charge is 2.28. The van der Waals surface area contributed by atoms with Gasteiger partial charge in [0.25, 0.3) is 0 Å². The Labute approximate surface area is 294 Å². The summed E-state index contributed by atoms with van der Waals surface area (Å²) in [5, 5.41) is 18.4. The number of carboxylic acid groups (broad SMARTS) is 2. The van der Waals surface area contributed by atoms with Gasteiger partial charge in [-0.2, -0.15) is 0 Å². The Morgan fingerprint density at radius 2 is 1.55 bits per heavy atom. The van der Waals surface area contributed by atoms with Gasteiger partial charge < -0.3 is 24.1 Å². The topological polar surface area (TPSA) is 135 Å². The molecule has 2 N–H and O–H groups in total. The first-order chi connectivity index (χ1) is 24.9. The number of carboxylic acids is 1. The number of aromatic carboxylic acids is 1. The van der Waals surface area contributed by atoms with E-state index < -0.39 is 12.1 Å². The van der Waals surface area contributed by atoms with Gasteiger partial charge in [-0.1, -0.05) is 60.7 Å². The van der Waals surface area contributed by atoms with Gasteiger partial charge in [-0.05, 0) is 96.8 Å². The molecule has 4 aromatic carbocycles. The van der Waals surface area contributed by atoms with E-state index in [1.165, 1.54) is 0 Å². The van der Waals surface area contributed by atoms with E-state index in [1.807, 2.05) is 84.9 Å². The number of pyridine rings is 1. The molecule has 10 nitrogen and oxygen atoms in total. The van der Waals surface area contributed by atoms with Crippen molar-refractivity contribution in [2.24, 2.45) is 0 Å². The molecule has 2 heterocycles. The molecule has 2 aromatic heterocycles. The highest BCUT2D eigenvalue weighted by Crippen LogP contribution is 2.35. The van der Waals surface area contributed by atoms with Gasteiger partial charge in [0.15, 0.2) is 5.58 Å². The first kappa shape index (κ1) is 33.5. The summed E-state index contributed by atoms with van der Waals surface area (Å²) in [6.07, 6.45) is 2.68. The van der Waals surface area contributed by atoms with Gasteiger partial charge in [0, 0.05) is 36.5 Å². The van der Waals surface area contributed by atoms with Gasteiger partial charge in [0.2, 0.25) is 11.8 Å². The molecule has 0 bridgehead atoms. The van der Waals surface area contributed by atoms with Crippen LogP contribution >= 0.6 is 0 Å². The van der Waals surface area contributed by atoms with E-state index in [0.29, 0.717) is 12.5 Å². The lowest BCUT2D eigenvalue weighted by atomic mass is 9.89. The van der Waals surface area contributed by atoms with Crippen LogP contribution in [-0.4, -0.2) is 50.3 Å². The van der Waals surface area contributed by atoms with Crippen molar-refractivity contribution in [2.45, 2.75) is 44.8 Å². The third-order valence-corrected chi connectivity index (χ3v) is 9.29. The van der Waals surface area contributed by atoms with Crippen LogP contribution in [0.15, 0.2) is 114 Å². The minimum Gasteiger partial charge on any atom is -0.489 e. The molecule has 0 radical (unpaired) electrons. The van der Waals surface area contributed by atoms with Crippen molar-refractivity contribution in [2.75, 3.05) is 13.1 Å². The average molecular weight is 684 g/mol. The van der Waals surface area contributed by atoms with E-state index in [4.69, 9.17) is 19.0 Å². The SMILES string of the molecule is O=C(O)Oc1ccc2c(n1)CCCC2N(CCc1ccc(C(=O)O)cc1)CCc1ccccc1OCc1ccc(-c2nc3ccccc3o2)cc1. The van der Waals surface area contributed by atoms with E-state index in [1.54, 1.807) is 18.2 Å². The zero-order chi connectivity index (χ0) is 35.2. The minimum absolute atomic E-state index is 0.0752. The van der Waals surface area contributed by atoms with Crippen LogP contribution in [0.2, 0.25) is 0 Å². The van der Waals surface area contributed by atoms with E-state index in [0.717, 1.165) is 95.6 Å². The molecule has 0 saturated carbocycles. The van der Waals surface area contributed by atoms with Crippen LogP contribution in [0.25, 0.3) is 22.6 Å². The van der Waals surface area contributed by atoms with Gasteiger partial charge in [-0.3, -0.25) is 4.90 Å². The van der Waals surface area contributed by atoms with Gasteiger partial charge >= 0.3 is 12.1 Å². The summed E-state index contributed by atoms with van der Waals surface area (Å²) in [4.78, 5) is 34.1. The molecule has 0 spiro atoms. The minimum atomic E-state index is -1.39. The van der Waals surface area contributed by atoms with Crippen LogP contribution in [0.4, 0.5) is 4.79 Å². The Hall–Kier alpha value is -6.00. The summed E-state index contributed by atoms with van der Waals surface area (Å²) >= 11 is 0. The number of carbonyl (C=O) groups is 2. The first-order valence-electron chi connectivity index (χ1n) is 17.0. The Kier molecular flexibility index (Phi) is 10.0. The quantitative estimate of drug-likeness (QED) is 0.114. The zero-order valence-corrected chi connectivity index (χ0v) is 27.9. The van der Waals surface area contributed by atoms with E-state index >= 15 is 0 Å². The third-order valence-electron chi connectivity index (χ3n) is 9.29. The van der Waals surface area contributed by atoms with Gasteiger partial charge in [0.1, 0.15) is 17.9 Å². The summed E-state index contributed by atoms with van der Waals surface area (Å²) in [5.74, 6) is 0.546. The van der Waals surface area contributed by atoms with Gasteiger partial charge in [0.05, 0.1) is 5.56 Å². The number of rotatable bonds is 13. The molecule has 1 aliphatic rings. The van der Waals surface area contributed by atoms with Crippen LogP contribution in [0.1, 0.15) is 57.2 Å². The molecule has 258 valence electrons. The summed E-state index contributed by atoms with van der Waals surface area (Å²) in [7, 11) is 0. The van der Waals surface area contributed by atoms with Gasteiger partial charge in [-0.25, -0.2) is 19.6 Å². The molecular formula is C41H37N3O7.